The number of anilines is 1. The molecule has 0 unspecified atom stereocenters. The summed E-state index contributed by atoms with van der Waals surface area (Å²) in [7, 11) is 0. The van der Waals surface area contributed by atoms with E-state index in [1.165, 1.54) is 0 Å². The van der Waals surface area contributed by atoms with Crippen molar-refractivity contribution in [3.8, 4) is 11.5 Å². The van der Waals surface area contributed by atoms with E-state index < -0.39 is 17.5 Å². The number of fused-ring (bicyclic) bond motifs is 3. The van der Waals surface area contributed by atoms with Gasteiger partial charge in [0.1, 0.15) is 12.1 Å². The SMILES string of the molecule is O=C(CN1C(=O)N[C@]2(CCc3ccccc32)C1=O)Nc1ccc2c(c1)OCO2. The van der Waals surface area contributed by atoms with Crippen molar-refractivity contribution in [2.75, 3.05) is 18.7 Å². The molecule has 28 heavy (non-hydrogen) atoms. The van der Waals surface area contributed by atoms with Crippen LogP contribution in [0.15, 0.2) is 42.5 Å². The molecule has 8 nitrogen and oxygen atoms in total. The predicted octanol–water partition coefficient (Wildman–Crippen LogP) is 1.75. The van der Waals surface area contributed by atoms with Crippen molar-refractivity contribution in [1.29, 1.82) is 0 Å². The van der Waals surface area contributed by atoms with Crippen LogP contribution in [0.1, 0.15) is 17.5 Å². The van der Waals surface area contributed by atoms with Gasteiger partial charge in [-0.2, -0.15) is 0 Å². The first kappa shape index (κ1) is 16.6. The van der Waals surface area contributed by atoms with Crippen molar-refractivity contribution in [3.05, 3.63) is 53.6 Å². The van der Waals surface area contributed by atoms with Gasteiger partial charge in [0.25, 0.3) is 5.91 Å². The fraction of sp³-hybridized carbons (Fsp3) is 0.250. The van der Waals surface area contributed by atoms with Crippen LogP contribution >= 0.6 is 0 Å². The number of hydrogen-bond donors (Lipinski definition) is 2. The molecule has 2 aromatic carbocycles. The third-order valence-corrected chi connectivity index (χ3v) is 5.38. The fourth-order valence-corrected chi connectivity index (χ4v) is 4.05. The number of nitrogens with one attached hydrogen (secondary N) is 2. The van der Waals surface area contributed by atoms with Crippen LogP contribution in [0, 0.1) is 0 Å². The molecule has 2 aliphatic heterocycles. The van der Waals surface area contributed by atoms with Gasteiger partial charge in [0.05, 0.1) is 0 Å². The summed E-state index contributed by atoms with van der Waals surface area (Å²) in [5, 5.41) is 5.50. The minimum atomic E-state index is -1.06. The molecule has 4 amide bonds. The van der Waals surface area contributed by atoms with Crippen LogP contribution in [0.25, 0.3) is 0 Å². The number of carbonyl (C=O) groups is 3. The second-order valence-electron chi connectivity index (χ2n) is 7.00. The van der Waals surface area contributed by atoms with Gasteiger partial charge in [0.15, 0.2) is 11.5 Å². The maximum Gasteiger partial charge on any atom is 0.325 e. The summed E-state index contributed by atoms with van der Waals surface area (Å²) in [6.45, 7) is -0.220. The van der Waals surface area contributed by atoms with Gasteiger partial charge < -0.3 is 20.1 Å². The first-order chi connectivity index (χ1) is 13.6. The molecule has 1 atom stereocenters. The van der Waals surface area contributed by atoms with E-state index in [-0.39, 0.29) is 19.2 Å². The van der Waals surface area contributed by atoms with Crippen LogP contribution < -0.4 is 20.1 Å². The molecule has 2 aromatic rings. The first-order valence-electron chi connectivity index (χ1n) is 8.99. The summed E-state index contributed by atoms with van der Waals surface area (Å²) < 4.78 is 10.5. The second kappa shape index (κ2) is 5.98. The van der Waals surface area contributed by atoms with Crippen molar-refractivity contribution in [2.45, 2.75) is 18.4 Å². The third kappa shape index (κ3) is 2.41. The highest BCUT2D eigenvalue weighted by Crippen LogP contribution is 2.41. The number of benzene rings is 2. The molecule has 1 spiro atoms. The van der Waals surface area contributed by atoms with E-state index in [0.29, 0.717) is 30.0 Å². The lowest BCUT2D eigenvalue weighted by Gasteiger charge is -2.22. The largest absolute Gasteiger partial charge is 0.454 e. The van der Waals surface area contributed by atoms with E-state index in [9.17, 15) is 14.4 Å². The number of imide groups is 1. The van der Waals surface area contributed by atoms with E-state index in [4.69, 9.17) is 9.47 Å². The molecular formula is C20H17N3O5. The van der Waals surface area contributed by atoms with E-state index in [0.717, 1.165) is 16.0 Å². The predicted molar refractivity (Wildman–Crippen MR) is 97.9 cm³/mol. The molecule has 0 radical (unpaired) electrons. The van der Waals surface area contributed by atoms with Gasteiger partial charge in [-0.05, 0) is 36.1 Å². The summed E-state index contributed by atoms with van der Waals surface area (Å²) in [5.74, 6) is 0.289. The van der Waals surface area contributed by atoms with E-state index >= 15 is 0 Å². The van der Waals surface area contributed by atoms with Gasteiger partial charge in [-0.1, -0.05) is 24.3 Å². The molecule has 2 N–H and O–H groups in total. The number of ether oxygens (including phenoxy) is 2. The number of hydrogen-bond acceptors (Lipinski definition) is 5. The van der Waals surface area contributed by atoms with E-state index in [2.05, 4.69) is 10.6 Å². The summed E-state index contributed by atoms with van der Waals surface area (Å²) in [4.78, 5) is 39.0. The van der Waals surface area contributed by atoms with Crippen molar-refractivity contribution < 1.29 is 23.9 Å². The fourth-order valence-electron chi connectivity index (χ4n) is 4.05. The topological polar surface area (TPSA) is 97.0 Å². The molecule has 0 saturated carbocycles. The summed E-state index contributed by atoms with van der Waals surface area (Å²) in [6.07, 6.45) is 1.20. The highest BCUT2D eigenvalue weighted by molar-refractivity contribution is 6.11. The average molecular weight is 379 g/mol. The monoisotopic (exact) mass is 379 g/mol. The summed E-state index contributed by atoms with van der Waals surface area (Å²) >= 11 is 0. The zero-order chi connectivity index (χ0) is 19.3. The van der Waals surface area contributed by atoms with Gasteiger partial charge in [-0.3, -0.25) is 14.5 Å². The molecule has 5 rings (SSSR count). The third-order valence-electron chi connectivity index (χ3n) is 5.38. The number of urea groups is 1. The van der Waals surface area contributed by atoms with Crippen LogP contribution in [0.4, 0.5) is 10.5 Å². The standard InChI is InChI=1S/C20H17N3O5/c24-17(21-13-5-6-15-16(9-13)28-11-27-15)10-23-18(25)20(22-19(23)26)8-7-12-3-1-2-4-14(12)20/h1-6,9H,7-8,10-11H2,(H,21,24)(H,22,26)/t20-/m0/s1. The van der Waals surface area contributed by atoms with Crippen LogP contribution in [0.5, 0.6) is 11.5 Å². The molecule has 8 heteroatoms. The second-order valence-corrected chi connectivity index (χ2v) is 7.00. The molecule has 1 saturated heterocycles. The number of amides is 4. The number of rotatable bonds is 3. The molecule has 1 aliphatic carbocycles. The van der Waals surface area contributed by atoms with Gasteiger partial charge in [-0.25, -0.2) is 4.79 Å². The molecule has 0 bridgehead atoms. The highest BCUT2D eigenvalue weighted by Gasteiger charge is 2.55. The number of aryl methyl sites for hydroxylation is 1. The van der Waals surface area contributed by atoms with E-state index in [1.54, 1.807) is 18.2 Å². The zero-order valence-electron chi connectivity index (χ0n) is 14.9. The number of carbonyl (C=O) groups excluding carboxylic acids is 3. The van der Waals surface area contributed by atoms with Gasteiger partial charge in [0, 0.05) is 11.8 Å². The van der Waals surface area contributed by atoms with Crippen molar-refractivity contribution >= 4 is 23.5 Å². The molecule has 142 valence electrons. The Kier molecular flexibility index (Phi) is 3.55. The Hall–Kier alpha value is -3.55. The van der Waals surface area contributed by atoms with Crippen LogP contribution in [-0.4, -0.2) is 36.1 Å². The highest BCUT2D eigenvalue weighted by atomic mass is 16.7. The lowest BCUT2D eigenvalue weighted by molar-refractivity contribution is -0.134. The Morgan fingerprint density at radius 2 is 1.96 bits per heavy atom. The Bertz CT molecular complexity index is 1020. The van der Waals surface area contributed by atoms with Crippen molar-refractivity contribution in [3.63, 3.8) is 0 Å². The minimum Gasteiger partial charge on any atom is -0.454 e. The Morgan fingerprint density at radius 1 is 1.14 bits per heavy atom. The Balaban J connectivity index is 1.33. The summed E-state index contributed by atoms with van der Waals surface area (Å²) in [5.41, 5.74) is 1.30. The quantitative estimate of drug-likeness (QED) is 0.792. The summed E-state index contributed by atoms with van der Waals surface area (Å²) in [6, 6.07) is 12.0. The van der Waals surface area contributed by atoms with Gasteiger partial charge in [0.2, 0.25) is 12.7 Å². The van der Waals surface area contributed by atoms with E-state index in [1.807, 2.05) is 24.3 Å². The van der Waals surface area contributed by atoms with Crippen molar-refractivity contribution in [1.82, 2.24) is 10.2 Å². The van der Waals surface area contributed by atoms with Gasteiger partial charge in [-0.15, -0.1) is 0 Å². The molecule has 1 fully saturated rings. The average Bonchev–Trinajstić information content (AvgIpc) is 3.36. The normalized spacial score (nSPS) is 21.8. The molecule has 2 heterocycles. The number of nitrogens with zero attached hydrogens (tertiary/aromatic N) is 1. The maximum absolute atomic E-state index is 13.1. The Labute approximate surface area is 160 Å². The van der Waals surface area contributed by atoms with Crippen LogP contribution in [0.2, 0.25) is 0 Å². The first-order valence-corrected chi connectivity index (χ1v) is 8.99. The lowest BCUT2D eigenvalue weighted by Crippen LogP contribution is -2.42. The lowest BCUT2D eigenvalue weighted by atomic mass is 9.92. The van der Waals surface area contributed by atoms with Crippen molar-refractivity contribution in [2.24, 2.45) is 0 Å². The molecule has 0 aromatic heterocycles. The molecule has 3 aliphatic rings. The minimum absolute atomic E-state index is 0.138. The zero-order valence-corrected chi connectivity index (χ0v) is 14.9. The van der Waals surface area contributed by atoms with Crippen LogP contribution in [0.3, 0.4) is 0 Å². The van der Waals surface area contributed by atoms with Crippen LogP contribution in [-0.2, 0) is 21.5 Å². The molecular weight excluding hydrogens is 362 g/mol. The smallest absolute Gasteiger partial charge is 0.325 e. The maximum atomic E-state index is 13.1. The van der Waals surface area contributed by atoms with Gasteiger partial charge >= 0.3 is 6.03 Å². The Morgan fingerprint density at radius 3 is 2.86 bits per heavy atom.